The lowest BCUT2D eigenvalue weighted by molar-refractivity contribution is 0.597. The van der Waals surface area contributed by atoms with Crippen LogP contribution in [0, 0.1) is 6.92 Å². The molecule has 2 aromatic rings. The Morgan fingerprint density at radius 3 is 2.68 bits per heavy atom. The lowest BCUT2D eigenvalue weighted by Crippen LogP contribution is -2.16. The van der Waals surface area contributed by atoms with E-state index in [2.05, 4.69) is 19.8 Å². The molecule has 0 aliphatic rings. The lowest BCUT2D eigenvalue weighted by Gasteiger charge is -2.07. The molecule has 8 nitrogen and oxygen atoms in total. The third kappa shape index (κ3) is 2.41. The van der Waals surface area contributed by atoms with Crippen LogP contribution in [0.3, 0.4) is 0 Å². The fourth-order valence-electron chi connectivity index (χ4n) is 1.64. The molecule has 0 bridgehead atoms. The Bertz CT molecular complexity index is 700. The monoisotopic (exact) mass is 284 g/mol. The Balaban J connectivity index is 2.36. The van der Waals surface area contributed by atoms with Crippen LogP contribution in [0.15, 0.2) is 11.2 Å². The molecule has 19 heavy (non-hydrogen) atoms. The number of nitrogens with zero attached hydrogens (tertiary/aromatic N) is 3. The van der Waals surface area contributed by atoms with Crippen molar-refractivity contribution >= 4 is 21.5 Å². The summed E-state index contributed by atoms with van der Waals surface area (Å²) >= 11 is 0. The molecule has 2 heterocycles. The largest absolute Gasteiger partial charge is 0.394 e. The first kappa shape index (κ1) is 13.4. The van der Waals surface area contributed by atoms with Gasteiger partial charge < -0.3 is 10.7 Å². The van der Waals surface area contributed by atoms with E-state index in [0.717, 1.165) is 0 Å². The van der Waals surface area contributed by atoms with Crippen molar-refractivity contribution in [2.45, 2.75) is 25.3 Å². The molecule has 0 unspecified atom stereocenters. The minimum Gasteiger partial charge on any atom is -0.394 e. The second-order valence-corrected chi connectivity index (χ2v) is 5.78. The highest BCUT2D eigenvalue weighted by molar-refractivity contribution is 7.92. The highest BCUT2D eigenvalue weighted by atomic mass is 32.2. The van der Waals surface area contributed by atoms with Gasteiger partial charge in [-0.3, -0.25) is 4.72 Å². The quantitative estimate of drug-likeness (QED) is 0.750. The maximum Gasteiger partial charge on any atom is 0.280 e. The molecule has 4 N–H and O–H groups in total. The summed E-state index contributed by atoms with van der Waals surface area (Å²) in [6.07, 6.45) is 1.91. The number of anilines is 2. The Morgan fingerprint density at radius 1 is 1.53 bits per heavy atom. The number of hydrogen-bond acceptors (Lipinski definition) is 5. The van der Waals surface area contributed by atoms with Gasteiger partial charge in [-0.2, -0.15) is 13.5 Å². The van der Waals surface area contributed by atoms with Gasteiger partial charge in [0.1, 0.15) is 5.82 Å². The number of nitrogens with one attached hydrogen (secondary N) is 2. The molecule has 0 fully saturated rings. The standard InChI is InChI=1S/C10H16N6O2S/c1-4-7-12-5-8(13-7)19(17,18)15-10-9(11)6(2)14-16(10)3/h5,15H,4,11H2,1-3H3,(H,12,13). The van der Waals surface area contributed by atoms with E-state index in [1.54, 1.807) is 14.0 Å². The average molecular weight is 284 g/mol. The van der Waals surface area contributed by atoms with Gasteiger partial charge in [0.05, 0.1) is 17.6 Å². The van der Waals surface area contributed by atoms with E-state index in [-0.39, 0.29) is 10.8 Å². The number of aromatic amines is 1. The number of rotatable bonds is 4. The molecule has 0 radical (unpaired) electrons. The minimum atomic E-state index is -3.74. The van der Waals surface area contributed by atoms with Crippen LogP contribution in [-0.2, 0) is 23.5 Å². The first-order chi connectivity index (χ1) is 8.85. The molecule has 0 aliphatic carbocycles. The topological polar surface area (TPSA) is 119 Å². The molecule has 0 atom stereocenters. The zero-order valence-corrected chi connectivity index (χ0v) is 11.7. The van der Waals surface area contributed by atoms with Crippen molar-refractivity contribution in [2.75, 3.05) is 10.5 Å². The molecular weight excluding hydrogens is 268 g/mol. The van der Waals surface area contributed by atoms with Gasteiger partial charge in [-0.15, -0.1) is 0 Å². The van der Waals surface area contributed by atoms with Crippen molar-refractivity contribution in [1.29, 1.82) is 0 Å². The highest BCUT2D eigenvalue weighted by Gasteiger charge is 2.21. The molecule has 0 aromatic carbocycles. The Hall–Kier alpha value is -2.03. The zero-order chi connectivity index (χ0) is 14.2. The van der Waals surface area contributed by atoms with Crippen LogP contribution >= 0.6 is 0 Å². The smallest absolute Gasteiger partial charge is 0.280 e. The van der Waals surface area contributed by atoms with Crippen molar-refractivity contribution in [3.8, 4) is 0 Å². The highest BCUT2D eigenvalue weighted by Crippen LogP contribution is 2.23. The van der Waals surface area contributed by atoms with Crippen LogP contribution in [0.25, 0.3) is 0 Å². The van der Waals surface area contributed by atoms with E-state index in [4.69, 9.17) is 5.73 Å². The van der Waals surface area contributed by atoms with Crippen molar-refractivity contribution in [3.63, 3.8) is 0 Å². The van der Waals surface area contributed by atoms with E-state index in [1.807, 2.05) is 6.92 Å². The van der Waals surface area contributed by atoms with Crippen LogP contribution in [0.4, 0.5) is 11.5 Å². The van der Waals surface area contributed by atoms with Gasteiger partial charge in [0.2, 0.25) is 0 Å². The molecule has 0 saturated carbocycles. The van der Waals surface area contributed by atoms with Crippen molar-refractivity contribution in [3.05, 3.63) is 17.7 Å². The van der Waals surface area contributed by atoms with Crippen LogP contribution < -0.4 is 10.5 Å². The molecule has 9 heteroatoms. The second-order valence-electron chi connectivity index (χ2n) is 4.12. The van der Waals surface area contributed by atoms with Gasteiger partial charge in [-0.1, -0.05) is 6.92 Å². The van der Waals surface area contributed by atoms with Crippen molar-refractivity contribution in [1.82, 2.24) is 19.7 Å². The summed E-state index contributed by atoms with van der Waals surface area (Å²) in [6.45, 7) is 3.59. The Labute approximate surface area is 111 Å². The first-order valence-corrected chi connectivity index (χ1v) is 7.19. The number of aryl methyl sites for hydroxylation is 3. The van der Waals surface area contributed by atoms with Gasteiger partial charge in [0.25, 0.3) is 10.0 Å². The fourth-order valence-corrected chi connectivity index (χ4v) is 2.69. The van der Waals surface area contributed by atoms with E-state index in [9.17, 15) is 8.42 Å². The van der Waals surface area contributed by atoms with Gasteiger partial charge in [-0.05, 0) is 6.92 Å². The van der Waals surface area contributed by atoms with Crippen molar-refractivity contribution < 1.29 is 8.42 Å². The first-order valence-electron chi connectivity index (χ1n) is 5.71. The molecule has 104 valence electrons. The third-order valence-corrected chi connectivity index (χ3v) is 3.98. The van der Waals surface area contributed by atoms with Crippen molar-refractivity contribution in [2.24, 2.45) is 7.05 Å². The predicted molar refractivity (Wildman–Crippen MR) is 71.1 cm³/mol. The van der Waals surface area contributed by atoms with Crippen LogP contribution in [0.5, 0.6) is 0 Å². The summed E-state index contributed by atoms with van der Waals surface area (Å²) in [5, 5.41) is 4.05. The van der Waals surface area contributed by atoms with Crippen LogP contribution in [0.2, 0.25) is 0 Å². The average Bonchev–Trinajstić information content (AvgIpc) is 2.91. The second kappa shape index (κ2) is 4.57. The number of hydrogen-bond donors (Lipinski definition) is 3. The van der Waals surface area contributed by atoms with Gasteiger partial charge in [-0.25, -0.2) is 9.67 Å². The van der Waals surface area contributed by atoms with E-state index < -0.39 is 10.0 Å². The van der Waals surface area contributed by atoms with Crippen LogP contribution in [-0.4, -0.2) is 28.2 Å². The number of sulfonamides is 1. The lowest BCUT2D eigenvalue weighted by atomic mass is 10.4. The summed E-state index contributed by atoms with van der Waals surface area (Å²) in [4.78, 5) is 6.70. The third-order valence-electron chi connectivity index (χ3n) is 2.73. The summed E-state index contributed by atoms with van der Waals surface area (Å²) in [7, 11) is -2.13. The van der Waals surface area contributed by atoms with E-state index in [0.29, 0.717) is 23.6 Å². The molecule has 0 spiro atoms. The van der Waals surface area contributed by atoms with Gasteiger partial charge in [0, 0.05) is 13.5 Å². The summed E-state index contributed by atoms with van der Waals surface area (Å²) in [5.74, 6) is 0.847. The molecule has 0 amide bonds. The summed E-state index contributed by atoms with van der Waals surface area (Å²) in [5.41, 5.74) is 6.66. The summed E-state index contributed by atoms with van der Waals surface area (Å²) in [6, 6.07) is 0. The summed E-state index contributed by atoms with van der Waals surface area (Å²) < 4.78 is 28.1. The van der Waals surface area contributed by atoms with E-state index in [1.165, 1.54) is 10.9 Å². The number of nitrogens with two attached hydrogens (primary N) is 1. The normalized spacial score (nSPS) is 11.7. The Kier molecular flexibility index (Phi) is 3.23. The van der Waals surface area contributed by atoms with Gasteiger partial charge >= 0.3 is 0 Å². The molecule has 2 rings (SSSR count). The number of H-pyrrole nitrogens is 1. The number of imidazole rings is 1. The predicted octanol–water partition coefficient (Wildman–Crippen LogP) is 0.397. The molecule has 0 aliphatic heterocycles. The van der Waals surface area contributed by atoms with E-state index >= 15 is 0 Å². The minimum absolute atomic E-state index is 0.00241. The molecule has 2 aromatic heterocycles. The number of nitrogen functional groups attached to an aromatic ring is 1. The Morgan fingerprint density at radius 2 is 2.21 bits per heavy atom. The van der Waals surface area contributed by atoms with Crippen LogP contribution in [0.1, 0.15) is 18.4 Å². The maximum atomic E-state index is 12.2. The van der Waals surface area contributed by atoms with Gasteiger partial charge in [0.15, 0.2) is 10.8 Å². The molecule has 0 saturated heterocycles. The SMILES string of the molecule is CCc1ncc(S(=O)(=O)Nc2c(N)c(C)nn2C)[nH]1. The zero-order valence-electron chi connectivity index (χ0n) is 10.9. The fraction of sp³-hybridized carbons (Fsp3) is 0.400. The maximum absolute atomic E-state index is 12.2. The molecular formula is C10H16N6O2S. The number of aromatic nitrogens is 4.